The molecule has 0 unspecified atom stereocenters. The first-order chi connectivity index (χ1) is 22.5. The van der Waals surface area contributed by atoms with Crippen LogP contribution in [-0.4, -0.2) is 105 Å². The number of amides is 1. The van der Waals surface area contributed by atoms with Crippen molar-refractivity contribution in [3.05, 3.63) is 35.8 Å². The summed E-state index contributed by atoms with van der Waals surface area (Å²) in [5.41, 5.74) is 1.07. The van der Waals surface area contributed by atoms with Crippen LogP contribution in [0.3, 0.4) is 0 Å². The smallest absolute Gasteiger partial charge is 0.225 e. The highest BCUT2D eigenvalue weighted by molar-refractivity contribution is 7.89. The number of nitrogens with one attached hydrogen (secondary N) is 1. The van der Waals surface area contributed by atoms with Gasteiger partial charge < -0.3 is 19.7 Å². The van der Waals surface area contributed by atoms with Crippen molar-refractivity contribution >= 4 is 32.9 Å². The zero-order chi connectivity index (χ0) is 33.5. The third kappa shape index (κ3) is 6.86. The van der Waals surface area contributed by atoms with Gasteiger partial charge in [-0.15, -0.1) is 0 Å². The van der Waals surface area contributed by atoms with E-state index >= 15 is 4.39 Å². The molecule has 6 rings (SSSR count). The lowest BCUT2D eigenvalue weighted by atomic mass is 9.94. The first-order valence-electron chi connectivity index (χ1n) is 16.9. The number of rotatable bonds is 8. The van der Waals surface area contributed by atoms with Crippen LogP contribution in [0.1, 0.15) is 71.2 Å². The number of aryl methyl sites for hydroxylation is 1. The van der Waals surface area contributed by atoms with Gasteiger partial charge >= 0.3 is 0 Å². The van der Waals surface area contributed by atoms with Crippen LogP contribution in [0.25, 0.3) is 22.3 Å². The van der Waals surface area contributed by atoms with Gasteiger partial charge in [0.15, 0.2) is 11.6 Å². The molecule has 1 aromatic carbocycles. The van der Waals surface area contributed by atoms with Gasteiger partial charge in [0.1, 0.15) is 17.0 Å². The Bertz CT molecular complexity index is 1710. The molecule has 14 heteroatoms. The maximum absolute atomic E-state index is 15.1. The summed E-state index contributed by atoms with van der Waals surface area (Å²) in [7, 11) is -3.51. The normalized spacial score (nSPS) is 20.0. The lowest BCUT2D eigenvalue weighted by Crippen LogP contribution is -2.51. The van der Waals surface area contributed by atoms with Crippen molar-refractivity contribution in [1.82, 2.24) is 33.6 Å². The summed E-state index contributed by atoms with van der Waals surface area (Å²) in [5.74, 6) is -0.124. The number of nitrogens with zero attached hydrogens (tertiary/aromatic N) is 7. The summed E-state index contributed by atoms with van der Waals surface area (Å²) in [6.07, 6.45) is 4.80. The Labute approximate surface area is 275 Å². The number of carbonyl (C=O) groups is 1. The Morgan fingerprint density at radius 2 is 1.64 bits per heavy atom. The number of hydrogen-bond donors (Lipinski definition) is 1. The number of halogens is 2. The largest absolute Gasteiger partial charge is 0.351 e. The number of carbonyl (C=O) groups excluding carboxylic acids is 1. The molecule has 5 heterocycles. The topological polar surface area (TPSA) is 117 Å². The molecule has 0 spiro atoms. The van der Waals surface area contributed by atoms with Crippen LogP contribution in [0.2, 0.25) is 0 Å². The zero-order valence-electron chi connectivity index (χ0n) is 27.8. The van der Waals surface area contributed by atoms with Crippen molar-refractivity contribution in [1.29, 1.82) is 0 Å². The maximum atomic E-state index is 15.1. The van der Waals surface area contributed by atoms with Gasteiger partial charge in [-0.05, 0) is 91.1 Å². The number of aromatic nitrogens is 4. The van der Waals surface area contributed by atoms with Gasteiger partial charge in [0, 0.05) is 49.7 Å². The third-order valence-corrected chi connectivity index (χ3v) is 12.6. The Kier molecular flexibility index (Phi) is 9.82. The summed E-state index contributed by atoms with van der Waals surface area (Å²) in [4.78, 5) is 30.2. The van der Waals surface area contributed by atoms with Gasteiger partial charge in [-0.25, -0.2) is 36.5 Å². The summed E-state index contributed by atoms with van der Waals surface area (Å²) in [6, 6.07) is 2.87. The molecule has 0 aliphatic carbocycles. The molecular formula is C33H46F2N8O3S. The Hall–Kier alpha value is -3.23. The van der Waals surface area contributed by atoms with Crippen LogP contribution in [0.15, 0.2) is 18.3 Å². The number of piperidine rings is 3. The number of hydrogen-bond acceptors (Lipinski definition) is 8. The first-order valence-corrected chi connectivity index (χ1v) is 18.4. The summed E-state index contributed by atoms with van der Waals surface area (Å²) < 4.78 is 60.7. The Morgan fingerprint density at radius 3 is 2.28 bits per heavy atom. The fraction of sp³-hybridized carbons (Fsp3) is 0.636. The highest BCUT2D eigenvalue weighted by Gasteiger charge is 2.39. The minimum absolute atomic E-state index is 0.0197. The number of imidazole rings is 1. The molecular weight excluding hydrogens is 626 g/mol. The molecule has 1 N–H and O–H groups in total. The monoisotopic (exact) mass is 672 g/mol. The number of fused-ring (bicyclic) bond motifs is 1. The minimum atomic E-state index is -3.51. The highest BCUT2D eigenvalue weighted by Crippen LogP contribution is 2.31. The molecule has 256 valence electrons. The van der Waals surface area contributed by atoms with E-state index in [-0.39, 0.29) is 46.6 Å². The fourth-order valence-electron chi connectivity index (χ4n) is 7.47. The first kappa shape index (κ1) is 33.7. The van der Waals surface area contributed by atoms with Gasteiger partial charge in [0.25, 0.3) is 0 Å². The quantitative estimate of drug-likeness (QED) is 0.370. The number of sulfonamides is 1. The van der Waals surface area contributed by atoms with E-state index in [1.807, 2.05) is 30.2 Å². The average molecular weight is 673 g/mol. The van der Waals surface area contributed by atoms with Crippen LogP contribution in [0, 0.1) is 24.5 Å². The van der Waals surface area contributed by atoms with E-state index in [2.05, 4.69) is 32.1 Å². The van der Waals surface area contributed by atoms with Gasteiger partial charge in [0.05, 0.1) is 17.0 Å². The maximum Gasteiger partial charge on any atom is 0.225 e. The van der Waals surface area contributed by atoms with E-state index < -0.39 is 26.9 Å². The lowest BCUT2D eigenvalue weighted by molar-refractivity contribution is -0.137. The number of likely N-dealkylation sites (tertiary alicyclic amines) is 2. The second kappa shape index (κ2) is 13.7. The number of benzene rings is 1. The molecule has 0 atom stereocenters. The van der Waals surface area contributed by atoms with Gasteiger partial charge in [-0.1, -0.05) is 6.92 Å². The van der Waals surface area contributed by atoms with Crippen molar-refractivity contribution in [3.8, 4) is 11.3 Å². The van der Waals surface area contributed by atoms with Crippen LogP contribution < -0.4 is 5.32 Å². The molecule has 0 radical (unpaired) electrons. The van der Waals surface area contributed by atoms with Gasteiger partial charge in [0.2, 0.25) is 21.9 Å². The van der Waals surface area contributed by atoms with Crippen molar-refractivity contribution in [2.45, 2.75) is 83.6 Å². The molecule has 0 bridgehead atoms. The minimum Gasteiger partial charge on any atom is -0.351 e. The average Bonchev–Trinajstić information content (AvgIpc) is 3.42. The molecule has 1 amide bonds. The molecule has 3 fully saturated rings. The van der Waals surface area contributed by atoms with Crippen molar-refractivity contribution in [3.63, 3.8) is 0 Å². The second-order valence-electron chi connectivity index (χ2n) is 13.4. The standard InChI is InChI=1S/C33H46F2N8O3S/c1-5-40-12-6-23(7-13-40)32(44)41-14-10-26(11-15-41)47(45,46)42-16-8-25(9-17-42)38-33-36-20-28(35)30(39-33)24-18-27(34)31-29(19-24)43(21(2)3)22(4)37-31/h18-21,23,25-26H,5-17H2,1-4H3,(H,36,38,39). The summed E-state index contributed by atoms with van der Waals surface area (Å²) in [5, 5.41) is 2.75. The summed E-state index contributed by atoms with van der Waals surface area (Å²) >= 11 is 0. The Balaban J connectivity index is 1.05. The van der Waals surface area contributed by atoms with Gasteiger partial charge in [-0.2, -0.15) is 0 Å². The van der Waals surface area contributed by atoms with E-state index in [9.17, 15) is 17.6 Å². The molecule has 0 saturated carbocycles. The Morgan fingerprint density at radius 1 is 0.957 bits per heavy atom. The van der Waals surface area contributed by atoms with Crippen LogP contribution in [0.4, 0.5) is 14.7 Å². The van der Waals surface area contributed by atoms with E-state index in [0.29, 0.717) is 63.2 Å². The molecule has 3 saturated heterocycles. The fourth-order valence-corrected chi connectivity index (χ4v) is 9.42. The van der Waals surface area contributed by atoms with Crippen LogP contribution in [0.5, 0.6) is 0 Å². The van der Waals surface area contributed by atoms with Crippen molar-refractivity contribution in [2.75, 3.05) is 51.1 Å². The third-order valence-electron chi connectivity index (χ3n) is 10.2. The second-order valence-corrected chi connectivity index (χ2v) is 15.6. The molecule has 3 aliphatic heterocycles. The predicted molar refractivity (Wildman–Crippen MR) is 177 cm³/mol. The molecule has 3 aliphatic rings. The highest BCUT2D eigenvalue weighted by atomic mass is 32.2. The van der Waals surface area contributed by atoms with E-state index in [0.717, 1.165) is 38.7 Å². The van der Waals surface area contributed by atoms with Crippen molar-refractivity contribution < 1.29 is 22.0 Å². The van der Waals surface area contributed by atoms with E-state index in [1.165, 1.54) is 6.07 Å². The SMILES string of the molecule is CCN1CCC(C(=O)N2CCC(S(=O)(=O)N3CCC(Nc4ncc(F)c(-c5cc(F)c6nc(C)n(C(C)C)c6c5)n4)CC3)CC2)CC1. The summed E-state index contributed by atoms with van der Waals surface area (Å²) in [6.45, 7) is 12.5. The van der Waals surface area contributed by atoms with Gasteiger partial charge in [-0.3, -0.25) is 4.79 Å². The lowest BCUT2D eigenvalue weighted by Gasteiger charge is -2.39. The van der Waals surface area contributed by atoms with Crippen molar-refractivity contribution in [2.24, 2.45) is 5.92 Å². The van der Waals surface area contributed by atoms with E-state index in [1.54, 1.807) is 10.4 Å². The molecule has 2 aromatic heterocycles. The number of anilines is 1. The molecule has 3 aromatic rings. The molecule has 11 nitrogen and oxygen atoms in total. The van der Waals surface area contributed by atoms with Crippen LogP contribution >= 0.6 is 0 Å². The zero-order valence-corrected chi connectivity index (χ0v) is 28.6. The van der Waals surface area contributed by atoms with E-state index in [4.69, 9.17) is 0 Å². The molecule has 47 heavy (non-hydrogen) atoms. The predicted octanol–water partition coefficient (Wildman–Crippen LogP) is 4.59. The van der Waals surface area contributed by atoms with Crippen LogP contribution in [-0.2, 0) is 14.8 Å².